The molecule has 0 fully saturated rings. The van der Waals surface area contributed by atoms with Crippen molar-refractivity contribution in [2.45, 2.75) is 21.5 Å². The van der Waals surface area contributed by atoms with Gasteiger partial charge in [0, 0.05) is 0 Å². The van der Waals surface area contributed by atoms with Gasteiger partial charge in [0.05, 0.1) is 48.5 Å². The number of nitro benzene ring substituents is 2. The van der Waals surface area contributed by atoms with Crippen LogP contribution in [0.1, 0.15) is 43.8 Å². The lowest BCUT2D eigenvalue weighted by Crippen LogP contribution is -2.09. The van der Waals surface area contributed by atoms with Gasteiger partial charge in [0.25, 0.3) is 11.4 Å². The molecule has 0 amide bonds. The van der Waals surface area contributed by atoms with Crippen LogP contribution >= 0.6 is 46.4 Å². The summed E-state index contributed by atoms with van der Waals surface area (Å²) >= 11 is 26.2. The molecule has 3 aromatic carbocycles. The van der Waals surface area contributed by atoms with E-state index in [0.29, 0.717) is 11.1 Å². The Balaban J connectivity index is 2.13. The van der Waals surface area contributed by atoms with Gasteiger partial charge in [-0.25, -0.2) is 0 Å². The van der Waals surface area contributed by atoms with Gasteiger partial charge in [0.2, 0.25) is 0 Å². The van der Waals surface area contributed by atoms with Gasteiger partial charge in [-0.05, 0) is 17.2 Å². The van der Waals surface area contributed by atoms with Gasteiger partial charge in [-0.3, -0.25) is 20.2 Å². The third kappa shape index (κ3) is 5.15. The summed E-state index contributed by atoms with van der Waals surface area (Å²) in [5, 5.41) is 19.6. The molecule has 3 aromatic rings. The fourth-order valence-corrected chi connectivity index (χ4v) is 4.50. The number of alkyl halides is 4. The third-order valence-corrected chi connectivity index (χ3v) is 7.15. The molecular formula is C22H16Cl4N2O4. The van der Waals surface area contributed by atoms with Crippen LogP contribution in [0.25, 0.3) is 0 Å². The molecule has 0 saturated carbocycles. The Morgan fingerprint density at radius 3 is 1.22 bits per heavy atom. The van der Waals surface area contributed by atoms with Gasteiger partial charge in [0.1, 0.15) is 0 Å². The van der Waals surface area contributed by atoms with Gasteiger partial charge in [0.15, 0.2) is 0 Å². The molecule has 0 aliphatic rings. The van der Waals surface area contributed by atoms with Crippen LogP contribution in [0.4, 0.5) is 11.4 Å². The van der Waals surface area contributed by atoms with E-state index in [4.69, 9.17) is 46.4 Å². The smallest absolute Gasteiger partial charge is 0.258 e. The fourth-order valence-electron chi connectivity index (χ4n) is 3.30. The summed E-state index contributed by atoms with van der Waals surface area (Å²) in [5.41, 5.74) is 0.288. The second-order valence-electron chi connectivity index (χ2n) is 6.91. The van der Waals surface area contributed by atoms with Crippen molar-refractivity contribution >= 4 is 57.8 Å². The molecule has 166 valence electrons. The topological polar surface area (TPSA) is 86.3 Å². The highest BCUT2D eigenvalue weighted by Crippen LogP contribution is 2.49. The molecule has 4 unspecified atom stereocenters. The minimum absolute atomic E-state index is 0.0173. The number of benzene rings is 3. The summed E-state index contributed by atoms with van der Waals surface area (Å²) in [6.07, 6.45) is 0. The number of halogens is 4. The maximum atomic E-state index is 11.7. The van der Waals surface area contributed by atoms with Crippen molar-refractivity contribution in [1.29, 1.82) is 0 Å². The van der Waals surface area contributed by atoms with Crippen LogP contribution in [0.2, 0.25) is 0 Å². The van der Waals surface area contributed by atoms with E-state index < -0.39 is 42.7 Å². The number of nitro groups is 2. The summed E-state index contributed by atoms with van der Waals surface area (Å²) < 4.78 is 0. The molecule has 0 saturated heterocycles. The van der Waals surface area contributed by atoms with E-state index in [9.17, 15) is 20.2 Å². The lowest BCUT2D eigenvalue weighted by Gasteiger charge is -2.21. The Morgan fingerprint density at radius 2 is 0.906 bits per heavy atom. The van der Waals surface area contributed by atoms with Gasteiger partial charge in [-0.15, -0.1) is 46.4 Å². The summed E-state index contributed by atoms with van der Waals surface area (Å²) in [4.78, 5) is 22.0. The lowest BCUT2D eigenvalue weighted by atomic mass is 9.95. The van der Waals surface area contributed by atoms with Crippen molar-refractivity contribution in [1.82, 2.24) is 0 Å². The van der Waals surface area contributed by atoms with Crippen molar-refractivity contribution in [3.05, 3.63) is 115 Å². The highest BCUT2D eigenvalue weighted by molar-refractivity contribution is 6.31. The maximum Gasteiger partial charge on any atom is 0.281 e. The highest BCUT2D eigenvalue weighted by Gasteiger charge is 2.35. The fraction of sp³-hybridized carbons (Fsp3) is 0.182. The zero-order valence-corrected chi connectivity index (χ0v) is 19.3. The van der Waals surface area contributed by atoms with Crippen molar-refractivity contribution in [2.75, 3.05) is 0 Å². The molecule has 0 N–H and O–H groups in total. The molecule has 10 heteroatoms. The molecule has 0 bridgehead atoms. The molecule has 0 aliphatic carbocycles. The normalized spacial score (nSPS) is 14.9. The quantitative estimate of drug-likeness (QED) is 0.173. The maximum absolute atomic E-state index is 11.7. The van der Waals surface area contributed by atoms with Crippen molar-refractivity contribution in [3.63, 3.8) is 0 Å². The Morgan fingerprint density at radius 1 is 0.562 bits per heavy atom. The van der Waals surface area contributed by atoms with Crippen molar-refractivity contribution in [2.24, 2.45) is 0 Å². The average molecular weight is 514 g/mol. The Hall–Kier alpha value is -2.38. The second-order valence-corrected chi connectivity index (χ2v) is 8.79. The molecule has 0 spiro atoms. The molecule has 0 heterocycles. The van der Waals surface area contributed by atoms with Crippen LogP contribution in [0.5, 0.6) is 0 Å². The third-order valence-electron chi connectivity index (χ3n) is 4.91. The largest absolute Gasteiger partial charge is 0.281 e. The molecule has 3 rings (SSSR count). The second kappa shape index (κ2) is 10.5. The van der Waals surface area contributed by atoms with Crippen molar-refractivity contribution in [3.8, 4) is 0 Å². The van der Waals surface area contributed by atoms with Crippen LogP contribution in [-0.4, -0.2) is 9.85 Å². The predicted molar refractivity (Wildman–Crippen MR) is 127 cm³/mol. The number of rotatable bonds is 8. The van der Waals surface area contributed by atoms with E-state index in [0.717, 1.165) is 6.07 Å². The molecule has 6 nitrogen and oxygen atoms in total. The predicted octanol–water partition coefficient (Wildman–Crippen LogP) is 8.02. The first-order chi connectivity index (χ1) is 15.2. The molecule has 0 radical (unpaired) electrons. The molecule has 4 atom stereocenters. The zero-order valence-electron chi connectivity index (χ0n) is 16.3. The van der Waals surface area contributed by atoms with E-state index in [1.807, 2.05) is 0 Å². The Bertz CT molecular complexity index is 1030. The Labute approximate surface area is 204 Å². The van der Waals surface area contributed by atoms with Gasteiger partial charge < -0.3 is 0 Å². The van der Waals surface area contributed by atoms with E-state index in [1.54, 1.807) is 60.7 Å². The minimum atomic E-state index is -1.06. The summed E-state index contributed by atoms with van der Waals surface area (Å²) in [6.45, 7) is 0. The van der Waals surface area contributed by atoms with Crippen molar-refractivity contribution < 1.29 is 9.85 Å². The molecule has 0 aliphatic heterocycles. The van der Waals surface area contributed by atoms with Crippen LogP contribution in [0.15, 0.2) is 72.8 Å². The van der Waals surface area contributed by atoms with E-state index in [1.165, 1.54) is 6.07 Å². The molecule has 0 aromatic heterocycles. The monoisotopic (exact) mass is 512 g/mol. The first-order valence-corrected chi connectivity index (χ1v) is 11.1. The summed E-state index contributed by atoms with van der Waals surface area (Å²) in [7, 11) is 0. The van der Waals surface area contributed by atoms with Gasteiger partial charge >= 0.3 is 0 Å². The van der Waals surface area contributed by atoms with Crippen LogP contribution in [0.3, 0.4) is 0 Å². The molecule has 32 heavy (non-hydrogen) atoms. The first kappa shape index (κ1) is 24.3. The number of hydrogen-bond acceptors (Lipinski definition) is 4. The standard InChI is InChI=1S/C22H16Cl4N2O4/c23-19(13-7-3-1-4-8-13)21(25)15-11-16(18(28(31)32)12-17(15)27(29)30)22(26)20(24)14-9-5-2-6-10-14/h1-12,19-22H. The van der Waals surface area contributed by atoms with E-state index >= 15 is 0 Å². The molecular weight excluding hydrogens is 498 g/mol. The van der Waals surface area contributed by atoms with Crippen LogP contribution < -0.4 is 0 Å². The highest BCUT2D eigenvalue weighted by atomic mass is 35.5. The SMILES string of the molecule is O=[N+]([O-])c1cc([N+](=O)[O-])c(C(Cl)C(Cl)c2ccccc2)cc1C(Cl)C(Cl)c1ccccc1. The zero-order chi connectivity index (χ0) is 23.4. The summed E-state index contributed by atoms with van der Waals surface area (Å²) in [6, 6.07) is 19.7. The Kier molecular flexibility index (Phi) is 7.96. The van der Waals surface area contributed by atoms with E-state index in [-0.39, 0.29) is 11.1 Å². The van der Waals surface area contributed by atoms with Crippen LogP contribution in [0, 0.1) is 20.2 Å². The summed E-state index contributed by atoms with van der Waals surface area (Å²) in [5.74, 6) is 0. The average Bonchev–Trinajstić information content (AvgIpc) is 2.82. The number of hydrogen-bond donors (Lipinski definition) is 0. The minimum Gasteiger partial charge on any atom is -0.258 e. The van der Waals surface area contributed by atoms with Gasteiger partial charge in [-0.2, -0.15) is 0 Å². The van der Waals surface area contributed by atoms with E-state index in [2.05, 4.69) is 0 Å². The van der Waals surface area contributed by atoms with Gasteiger partial charge in [-0.1, -0.05) is 60.7 Å². The van der Waals surface area contributed by atoms with Crippen LogP contribution in [-0.2, 0) is 0 Å². The lowest BCUT2D eigenvalue weighted by molar-refractivity contribution is -0.395. The number of nitrogens with zero attached hydrogens (tertiary/aromatic N) is 2. The first-order valence-electron chi connectivity index (χ1n) is 9.35.